The van der Waals surface area contributed by atoms with Crippen LogP contribution < -0.4 is 20.7 Å². The smallest absolute Gasteiger partial charge is 0.316 e. The van der Waals surface area contributed by atoms with Crippen molar-refractivity contribution in [3.63, 3.8) is 0 Å². The normalized spacial score (nSPS) is 18.6. The van der Waals surface area contributed by atoms with E-state index in [1.807, 2.05) is 31.2 Å². The molecule has 25 heavy (non-hydrogen) atoms. The van der Waals surface area contributed by atoms with E-state index >= 15 is 0 Å². The molecular weight excluding hydrogens is 322 g/mol. The van der Waals surface area contributed by atoms with E-state index in [0.29, 0.717) is 26.2 Å². The molecular formula is C18H27N3O4. The minimum Gasteiger partial charge on any atom is -0.494 e. The summed E-state index contributed by atoms with van der Waals surface area (Å²) in [6.07, 6.45) is 2.49. The molecule has 7 heteroatoms. The van der Waals surface area contributed by atoms with Gasteiger partial charge in [-0.2, -0.15) is 0 Å². The molecule has 138 valence electrons. The van der Waals surface area contributed by atoms with Gasteiger partial charge in [-0.15, -0.1) is 0 Å². The summed E-state index contributed by atoms with van der Waals surface area (Å²) in [7, 11) is 1.58. The SMILES string of the molecule is CCOc1ccc([C@@H](COC)NC(=O)N[C@@H]2CCCCNC2=O)cc1. The van der Waals surface area contributed by atoms with Gasteiger partial charge in [-0.25, -0.2) is 4.79 Å². The Bertz CT molecular complexity index is 562. The van der Waals surface area contributed by atoms with Crippen LogP contribution in [0.4, 0.5) is 4.79 Å². The first-order chi connectivity index (χ1) is 12.1. The van der Waals surface area contributed by atoms with Gasteiger partial charge in [0.15, 0.2) is 0 Å². The average molecular weight is 349 g/mol. The van der Waals surface area contributed by atoms with Gasteiger partial charge in [0.1, 0.15) is 11.8 Å². The molecule has 7 nitrogen and oxygen atoms in total. The van der Waals surface area contributed by atoms with Crippen molar-refractivity contribution < 1.29 is 19.1 Å². The zero-order chi connectivity index (χ0) is 18.1. The Labute approximate surface area is 148 Å². The van der Waals surface area contributed by atoms with Gasteiger partial charge in [0.05, 0.1) is 19.3 Å². The van der Waals surface area contributed by atoms with Crippen LogP contribution in [0, 0.1) is 0 Å². The van der Waals surface area contributed by atoms with Crippen LogP contribution in [0.25, 0.3) is 0 Å². The van der Waals surface area contributed by atoms with Gasteiger partial charge in [0.2, 0.25) is 5.91 Å². The molecule has 3 N–H and O–H groups in total. The molecule has 3 amide bonds. The lowest BCUT2D eigenvalue weighted by Crippen LogP contribution is -2.50. The molecule has 0 saturated carbocycles. The maximum Gasteiger partial charge on any atom is 0.316 e. The Hall–Kier alpha value is -2.28. The zero-order valence-corrected chi connectivity index (χ0v) is 14.8. The van der Waals surface area contributed by atoms with E-state index in [9.17, 15) is 9.59 Å². The van der Waals surface area contributed by atoms with Gasteiger partial charge in [-0.1, -0.05) is 12.1 Å². The Kier molecular flexibility index (Phi) is 7.53. The molecule has 0 aliphatic carbocycles. The van der Waals surface area contributed by atoms with E-state index in [1.54, 1.807) is 7.11 Å². The molecule has 0 aromatic heterocycles. The number of hydrogen-bond acceptors (Lipinski definition) is 4. The highest BCUT2D eigenvalue weighted by atomic mass is 16.5. The first kappa shape index (κ1) is 19.1. The summed E-state index contributed by atoms with van der Waals surface area (Å²) in [6.45, 7) is 3.53. The molecule has 0 radical (unpaired) electrons. The van der Waals surface area contributed by atoms with Crippen LogP contribution in [-0.4, -0.2) is 44.8 Å². The van der Waals surface area contributed by atoms with Crippen LogP contribution in [0.2, 0.25) is 0 Å². The van der Waals surface area contributed by atoms with Crippen molar-refractivity contribution in [2.24, 2.45) is 0 Å². The number of benzene rings is 1. The molecule has 2 rings (SSSR count). The fourth-order valence-corrected chi connectivity index (χ4v) is 2.79. The van der Waals surface area contributed by atoms with Gasteiger partial charge in [-0.05, 0) is 43.9 Å². The molecule has 1 aliphatic heterocycles. The van der Waals surface area contributed by atoms with Crippen LogP contribution >= 0.6 is 0 Å². The van der Waals surface area contributed by atoms with E-state index in [0.717, 1.165) is 24.2 Å². The number of carbonyl (C=O) groups excluding carboxylic acids is 2. The predicted molar refractivity (Wildman–Crippen MR) is 94.5 cm³/mol. The third-order valence-electron chi connectivity index (χ3n) is 4.07. The summed E-state index contributed by atoms with van der Waals surface area (Å²) in [4.78, 5) is 24.3. The second kappa shape index (κ2) is 9.88. The lowest BCUT2D eigenvalue weighted by atomic mass is 10.1. The number of rotatable bonds is 7. The quantitative estimate of drug-likeness (QED) is 0.700. The maximum absolute atomic E-state index is 12.3. The summed E-state index contributed by atoms with van der Waals surface area (Å²) in [5.74, 6) is 0.652. The fourth-order valence-electron chi connectivity index (χ4n) is 2.79. The maximum atomic E-state index is 12.3. The van der Waals surface area contributed by atoms with Crippen molar-refractivity contribution >= 4 is 11.9 Å². The predicted octanol–water partition coefficient (Wildman–Crippen LogP) is 1.74. The minimum absolute atomic E-state index is 0.128. The fraction of sp³-hybridized carbons (Fsp3) is 0.556. The zero-order valence-electron chi connectivity index (χ0n) is 14.8. The van der Waals surface area contributed by atoms with Gasteiger partial charge >= 0.3 is 6.03 Å². The number of hydrogen-bond donors (Lipinski definition) is 3. The Morgan fingerprint density at radius 1 is 1.32 bits per heavy atom. The van der Waals surface area contributed by atoms with Gasteiger partial charge < -0.3 is 25.4 Å². The van der Waals surface area contributed by atoms with Crippen molar-refractivity contribution in [1.82, 2.24) is 16.0 Å². The summed E-state index contributed by atoms with van der Waals surface area (Å²) in [5.41, 5.74) is 0.908. The van der Waals surface area contributed by atoms with Crippen molar-refractivity contribution in [2.45, 2.75) is 38.3 Å². The van der Waals surface area contributed by atoms with Gasteiger partial charge in [0.25, 0.3) is 0 Å². The summed E-state index contributed by atoms with van der Waals surface area (Å²) >= 11 is 0. The van der Waals surface area contributed by atoms with Gasteiger partial charge in [-0.3, -0.25) is 4.79 Å². The third kappa shape index (κ3) is 5.94. The molecule has 2 atom stereocenters. The van der Waals surface area contributed by atoms with E-state index in [-0.39, 0.29) is 18.0 Å². The molecule has 1 aromatic rings. The van der Waals surface area contributed by atoms with E-state index < -0.39 is 6.04 Å². The van der Waals surface area contributed by atoms with Crippen molar-refractivity contribution in [3.8, 4) is 5.75 Å². The molecule has 1 heterocycles. The molecule has 0 unspecified atom stereocenters. The largest absolute Gasteiger partial charge is 0.494 e. The van der Waals surface area contributed by atoms with Crippen molar-refractivity contribution in [3.05, 3.63) is 29.8 Å². The van der Waals surface area contributed by atoms with E-state index in [1.165, 1.54) is 0 Å². The number of methoxy groups -OCH3 is 1. The van der Waals surface area contributed by atoms with E-state index in [4.69, 9.17) is 9.47 Å². The first-order valence-electron chi connectivity index (χ1n) is 8.70. The van der Waals surface area contributed by atoms with Crippen LogP contribution in [0.15, 0.2) is 24.3 Å². The topological polar surface area (TPSA) is 88.7 Å². The highest BCUT2D eigenvalue weighted by molar-refractivity contribution is 5.87. The minimum atomic E-state index is -0.494. The second-order valence-corrected chi connectivity index (χ2v) is 5.97. The lowest BCUT2D eigenvalue weighted by molar-refractivity contribution is -0.122. The summed E-state index contributed by atoms with van der Waals surface area (Å²) in [6, 6.07) is 6.33. The lowest BCUT2D eigenvalue weighted by Gasteiger charge is -2.21. The Morgan fingerprint density at radius 2 is 2.08 bits per heavy atom. The number of carbonyl (C=O) groups is 2. The monoisotopic (exact) mass is 349 g/mol. The number of ether oxygens (including phenoxy) is 2. The van der Waals surface area contributed by atoms with Crippen LogP contribution in [0.5, 0.6) is 5.75 Å². The van der Waals surface area contributed by atoms with Crippen LogP contribution in [0.1, 0.15) is 37.8 Å². The number of urea groups is 1. The number of nitrogens with one attached hydrogen (secondary N) is 3. The van der Waals surface area contributed by atoms with Crippen molar-refractivity contribution in [1.29, 1.82) is 0 Å². The molecule has 1 fully saturated rings. The van der Waals surface area contributed by atoms with Crippen LogP contribution in [-0.2, 0) is 9.53 Å². The Balaban J connectivity index is 1.97. The highest BCUT2D eigenvalue weighted by Crippen LogP contribution is 2.18. The highest BCUT2D eigenvalue weighted by Gasteiger charge is 2.23. The Morgan fingerprint density at radius 3 is 2.76 bits per heavy atom. The third-order valence-corrected chi connectivity index (χ3v) is 4.07. The van der Waals surface area contributed by atoms with E-state index in [2.05, 4.69) is 16.0 Å². The summed E-state index contributed by atoms with van der Waals surface area (Å²) < 4.78 is 10.6. The average Bonchev–Trinajstić information content (AvgIpc) is 2.80. The summed E-state index contributed by atoms with van der Waals surface area (Å²) in [5, 5.41) is 8.44. The standard InChI is InChI=1S/C18H27N3O4/c1-3-25-14-9-7-13(8-10-14)16(12-24-2)21-18(23)20-15-6-4-5-11-19-17(15)22/h7-10,15-16H,3-6,11-12H2,1-2H3,(H,19,22)(H2,20,21,23)/t15-,16-/m1/s1. The number of amides is 3. The molecule has 1 aromatic carbocycles. The van der Waals surface area contributed by atoms with Crippen molar-refractivity contribution in [2.75, 3.05) is 26.9 Å². The molecule has 0 bridgehead atoms. The molecule has 1 aliphatic rings. The second-order valence-electron chi connectivity index (χ2n) is 5.97. The molecule has 1 saturated heterocycles. The first-order valence-corrected chi connectivity index (χ1v) is 8.70. The van der Waals surface area contributed by atoms with Gasteiger partial charge in [0, 0.05) is 13.7 Å². The van der Waals surface area contributed by atoms with Crippen LogP contribution in [0.3, 0.4) is 0 Å². The molecule has 0 spiro atoms.